The molecule has 0 spiro atoms. The van der Waals surface area contributed by atoms with E-state index in [0.29, 0.717) is 13.0 Å². The molecule has 1 unspecified atom stereocenters. The van der Waals surface area contributed by atoms with E-state index in [-0.39, 0.29) is 18.7 Å². The van der Waals surface area contributed by atoms with Crippen LogP contribution in [0.5, 0.6) is 0 Å². The second-order valence-corrected chi connectivity index (χ2v) is 4.11. The predicted octanol–water partition coefficient (Wildman–Crippen LogP) is 2.86. The highest BCUT2D eigenvalue weighted by molar-refractivity contribution is 5.77. The molecule has 0 amide bonds. The molecule has 1 rings (SSSR count). The number of hydrogen-bond donors (Lipinski definition) is 1. The summed E-state index contributed by atoms with van der Waals surface area (Å²) in [6, 6.07) is 1.78. The van der Waals surface area contributed by atoms with E-state index in [1.165, 1.54) is 0 Å². The van der Waals surface area contributed by atoms with E-state index in [2.05, 4.69) is 15.3 Å². The molecule has 1 N–H and O–H groups in total. The summed E-state index contributed by atoms with van der Waals surface area (Å²) in [6.45, 7) is 2.29. The maximum atomic E-state index is 13.8. The fraction of sp³-hybridized carbons (Fsp3) is 0.462. The molecule has 8 heteroatoms. The topological polar surface area (TPSA) is 87.1 Å². The molecule has 114 valence electrons. The number of azide groups is 1. The van der Waals surface area contributed by atoms with Crippen LogP contribution in [0.1, 0.15) is 24.9 Å². The van der Waals surface area contributed by atoms with E-state index in [1.54, 1.807) is 6.92 Å². The zero-order chi connectivity index (χ0) is 15.7. The van der Waals surface area contributed by atoms with E-state index >= 15 is 0 Å². The minimum atomic E-state index is -1.10. The number of carbonyl (C=O) groups excluding carboxylic acids is 1. The molecule has 1 atom stereocenters. The van der Waals surface area contributed by atoms with Crippen LogP contribution in [0, 0.1) is 11.6 Å². The first-order valence-electron chi connectivity index (χ1n) is 6.46. The number of rotatable bonds is 8. The van der Waals surface area contributed by atoms with Gasteiger partial charge in [-0.15, -0.1) is 0 Å². The first-order chi connectivity index (χ1) is 10.1. The summed E-state index contributed by atoms with van der Waals surface area (Å²) in [5.74, 6) is -2.03. The van der Waals surface area contributed by atoms with Gasteiger partial charge in [-0.25, -0.2) is 13.6 Å². The van der Waals surface area contributed by atoms with Gasteiger partial charge in [0, 0.05) is 17.0 Å². The number of carbonyl (C=O) groups is 1. The Morgan fingerprint density at radius 2 is 2.29 bits per heavy atom. The van der Waals surface area contributed by atoms with Crippen LogP contribution in [0.2, 0.25) is 0 Å². The first kappa shape index (κ1) is 16.9. The van der Waals surface area contributed by atoms with E-state index in [9.17, 15) is 13.6 Å². The van der Waals surface area contributed by atoms with Crippen LogP contribution in [-0.4, -0.2) is 25.7 Å². The van der Waals surface area contributed by atoms with E-state index in [4.69, 9.17) is 10.3 Å². The lowest BCUT2D eigenvalue weighted by molar-refractivity contribution is -0.145. The number of nitrogens with one attached hydrogen (secondary N) is 1. The summed E-state index contributed by atoms with van der Waals surface area (Å²) in [5, 5.41) is 6.13. The maximum Gasteiger partial charge on any atom is 0.327 e. The van der Waals surface area contributed by atoms with Crippen molar-refractivity contribution < 1.29 is 18.3 Å². The molecule has 0 heterocycles. The largest absolute Gasteiger partial charge is 0.465 e. The second kappa shape index (κ2) is 8.89. The number of ether oxygens (including phenoxy) is 1. The van der Waals surface area contributed by atoms with Crippen LogP contribution >= 0.6 is 0 Å². The Balaban J connectivity index is 2.83. The minimum Gasteiger partial charge on any atom is -0.465 e. The minimum absolute atomic E-state index is 0.114. The smallest absolute Gasteiger partial charge is 0.327 e. The van der Waals surface area contributed by atoms with E-state index in [1.807, 2.05) is 0 Å². The molecule has 0 aliphatic rings. The molecule has 0 fully saturated rings. The monoisotopic (exact) mass is 298 g/mol. The van der Waals surface area contributed by atoms with Gasteiger partial charge >= 0.3 is 5.97 Å². The van der Waals surface area contributed by atoms with Gasteiger partial charge in [0.2, 0.25) is 0 Å². The van der Waals surface area contributed by atoms with Crippen molar-refractivity contribution in [2.45, 2.75) is 19.4 Å². The van der Waals surface area contributed by atoms with Crippen molar-refractivity contribution in [2.75, 3.05) is 19.7 Å². The van der Waals surface area contributed by atoms with Gasteiger partial charge in [-0.3, -0.25) is 0 Å². The van der Waals surface area contributed by atoms with Crippen molar-refractivity contribution in [1.82, 2.24) is 5.32 Å². The molecule has 0 saturated heterocycles. The maximum absolute atomic E-state index is 13.8. The summed E-state index contributed by atoms with van der Waals surface area (Å²) in [7, 11) is 0. The van der Waals surface area contributed by atoms with Crippen molar-refractivity contribution in [1.29, 1.82) is 0 Å². The third-order valence-corrected chi connectivity index (χ3v) is 2.64. The molecule has 0 radical (unpaired) electrons. The van der Waals surface area contributed by atoms with Gasteiger partial charge in [0.05, 0.1) is 6.61 Å². The third-order valence-electron chi connectivity index (χ3n) is 2.64. The lowest BCUT2D eigenvalue weighted by Crippen LogP contribution is -2.32. The standard InChI is InChI=1S/C13H16F2N4O2/c1-2-21-13(20)12(17-6-3-7-18-19-16)10-8-9(14)4-5-11(10)15/h4-5,8,12,17H,2-3,6-7H2,1H3. The highest BCUT2D eigenvalue weighted by Crippen LogP contribution is 2.20. The highest BCUT2D eigenvalue weighted by atomic mass is 19.1. The Bertz CT molecular complexity index is 533. The fourth-order valence-electron chi connectivity index (χ4n) is 1.72. The van der Waals surface area contributed by atoms with Crippen molar-refractivity contribution in [3.8, 4) is 0 Å². The fourth-order valence-corrected chi connectivity index (χ4v) is 1.72. The lowest BCUT2D eigenvalue weighted by Gasteiger charge is -2.18. The van der Waals surface area contributed by atoms with Crippen LogP contribution in [-0.2, 0) is 9.53 Å². The summed E-state index contributed by atoms with van der Waals surface area (Å²) >= 11 is 0. The number of benzene rings is 1. The summed E-state index contributed by atoms with van der Waals surface area (Å²) in [4.78, 5) is 14.5. The molecule has 0 aromatic heterocycles. The molecule has 6 nitrogen and oxygen atoms in total. The Hall–Kier alpha value is -2.18. The average Bonchev–Trinajstić information content (AvgIpc) is 2.46. The summed E-state index contributed by atoms with van der Waals surface area (Å²) < 4.78 is 31.9. The summed E-state index contributed by atoms with van der Waals surface area (Å²) in [5.41, 5.74) is 8.04. The Kier molecular flexibility index (Phi) is 7.14. The Morgan fingerprint density at radius 1 is 1.52 bits per heavy atom. The van der Waals surface area contributed by atoms with Crippen molar-refractivity contribution in [2.24, 2.45) is 5.11 Å². The van der Waals surface area contributed by atoms with Crippen LogP contribution < -0.4 is 5.32 Å². The highest BCUT2D eigenvalue weighted by Gasteiger charge is 2.24. The number of hydrogen-bond acceptors (Lipinski definition) is 4. The molecule has 0 saturated carbocycles. The van der Waals surface area contributed by atoms with Crippen LogP contribution in [0.4, 0.5) is 8.78 Å². The Morgan fingerprint density at radius 3 is 2.95 bits per heavy atom. The quantitative estimate of drug-likeness (QED) is 0.263. The molecular weight excluding hydrogens is 282 g/mol. The zero-order valence-corrected chi connectivity index (χ0v) is 11.6. The molecule has 1 aromatic rings. The number of esters is 1. The van der Waals surface area contributed by atoms with Gasteiger partial charge in [0.15, 0.2) is 0 Å². The first-order valence-corrected chi connectivity index (χ1v) is 6.46. The van der Waals surface area contributed by atoms with Gasteiger partial charge in [0.1, 0.15) is 17.7 Å². The molecule has 0 bridgehead atoms. The predicted molar refractivity (Wildman–Crippen MR) is 72.4 cm³/mol. The molecular formula is C13H16F2N4O2. The molecule has 0 aliphatic heterocycles. The SMILES string of the molecule is CCOC(=O)C(NCCCN=[N+]=[N-])c1cc(F)ccc1F. The van der Waals surface area contributed by atoms with Crippen LogP contribution in [0.15, 0.2) is 23.3 Å². The van der Waals surface area contributed by atoms with Crippen LogP contribution in [0.25, 0.3) is 10.4 Å². The third kappa shape index (κ3) is 5.37. The second-order valence-electron chi connectivity index (χ2n) is 4.11. The number of nitrogens with zero attached hydrogens (tertiary/aromatic N) is 3. The number of halogens is 2. The van der Waals surface area contributed by atoms with Gasteiger partial charge < -0.3 is 10.1 Å². The molecule has 0 aliphatic carbocycles. The van der Waals surface area contributed by atoms with Gasteiger partial charge in [-0.2, -0.15) is 0 Å². The Labute approximate surface area is 120 Å². The van der Waals surface area contributed by atoms with Crippen molar-refractivity contribution >= 4 is 5.97 Å². The normalized spacial score (nSPS) is 11.6. The molecule has 21 heavy (non-hydrogen) atoms. The van der Waals surface area contributed by atoms with Crippen molar-refractivity contribution in [3.63, 3.8) is 0 Å². The van der Waals surface area contributed by atoms with Gasteiger partial charge in [0.25, 0.3) is 0 Å². The van der Waals surface area contributed by atoms with Gasteiger partial charge in [-0.05, 0) is 43.6 Å². The summed E-state index contributed by atoms with van der Waals surface area (Å²) in [6.07, 6.45) is 0.455. The van der Waals surface area contributed by atoms with E-state index < -0.39 is 23.6 Å². The average molecular weight is 298 g/mol. The van der Waals surface area contributed by atoms with Crippen LogP contribution in [0.3, 0.4) is 0 Å². The van der Waals surface area contributed by atoms with E-state index in [0.717, 1.165) is 18.2 Å². The zero-order valence-electron chi connectivity index (χ0n) is 11.6. The molecule has 1 aromatic carbocycles. The van der Waals surface area contributed by atoms with Crippen molar-refractivity contribution in [3.05, 3.63) is 45.8 Å². The van der Waals surface area contributed by atoms with Gasteiger partial charge in [-0.1, -0.05) is 5.11 Å². The lowest BCUT2D eigenvalue weighted by atomic mass is 10.1.